The highest BCUT2D eigenvalue weighted by atomic mass is 127. The largest absolute Gasteiger partial charge is 0.573 e. The summed E-state index contributed by atoms with van der Waals surface area (Å²) >= 11 is 4.91. The Bertz CT molecular complexity index is 432. The molecule has 0 N–H and O–H groups in total. The highest BCUT2D eigenvalue weighted by Gasteiger charge is 2.31. The number of benzene rings is 1. The highest BCUT2D eigenvalue weighted by molar-refractivity contribution is 14.1. The fourth-order valence-electron chi connectivity index (χ4n) is 1.11. The van der Waals surface area contributed by atoms with Crippen LogP contribution in [0.1, 0.15) is 17.3 Å². The summed E-state index contributed by atoms with van der Waals surface area (Å²) in [6.45, 7) is 1.65. The first kappa shape index (κ1) is 14.7. The molecule has 0 aliphatic heterocycles. The van der Waals surface area contributed by atoms with Gasteiger partial charge in [-0.25, -0.2) is 0 Å². The van der Waals surface area contributed by atoms with Gasteiger partial charge in [-0.15, -0.1) is 13.2 Å². The Morgan fingerprint density at radius 1 is 1.47 bits per heavy atom. The third-order valence-electron chi connectivity index (χ3n) is 1.80. The molecule has 0 aromatic heterocycles. The van der Waals surface area contributed by atoms with Crippen LogP contribution in [-0.2, 0) is 0 Å². The molecule has 7 heteroatoms. The van der Waals surface area contributed by atoms with Gasteiger partial charge in [0.15, 0.2) is 5.78 Å². The van der Waals surface area contributed by atoms with Crippen molar-refractivity contribution in [3.05, 3.63) is 27.3 Å². The molecule has 1 atom stereocenters. The van der Waals surface area contributed by atoms with Crippen LogP contribution >= 0.6 is 38.5 Å². The summed E-state index contributed by atoms with van der Waals surface area (Å²) in [5.74, 6) is -0.520. The van der Waals surface area contributed by atoms with Gasteiger partial charge in [-0.05, 0) is 47.7 Å². The van der Waals surface area contributed by atoms with Crippen LogP contribution in [0, 0.1) is 3.57 Å². The average Bonchev–Trinajstić information content (AvgIpc) is 2.14. The third kappa shape index (κ3) is 4.46. The van der Waals surface area contributed by atoms with Crippen molar-refractivity contribution in [1.82, 2.24) is 0 Å². The van der Waals surface area contributed by atoms with E-state index < -0.39 is 6.36 Å². The standard InChI is InChI=1S/C10H7BrF3IO2/c1-5(11)9(16)7-3-2-6(4-8(7)15)17-10(12,13)14/h2-5H,1H3. The van der Waals surface area contributed by atoms with Gasteiger partial charge in [0.25, 0.3) is 0 Å². The van der Waals surface area contributed by atoms with Gasteiger partial charge < -0.3 is 4.74 Å². The Morgan fingerprint density at radius 2 is 2.06 bits per heavy atom. The molecule has 0 aliphatic rings. The smallest absolute Gasteiger partial charge is 0.406 e. The molecule has 17 heavy (non-hydrogen) atoms. The molecule has 0 amide bonds. The zero-order valence-electron chi connectivity index (χ0n) is 8.52. The van der Waals surface area contributed by atoms with Crippen LogP contribution in [0.25, 0.3) is 0 Å². The molecule has 1 aromatic rings. The van der Waals surface area contributed by atoms with Gasteiger partial charge in [0.1, 0.15) is 5.75 Å². The molecule has 0 bridgehead atoms. The minimum absolute atomic E-state index is 0.187. The maximum atomic E-state index is 12.0. The number of hydrogen-bond donors (Lipinski definition) is 0. The zero-order valence-corrected chi connectivity index (χ0v) is 12.3. The predicted octanol–water partition coefficient (Wildman–Crippen LogP) is 4.16. The number of halogens is 5. The third-order valence-corrected chi connectivity index (χ3v) is 3.11. The molecule has 1 rings (SSSR count). The lowest BCUT2D eigenvalue weighted by molar-refractivity contribution is -0.274. The van der Waals surface area contributed by atoms with Crippen LogP contribution < -0.4 is 4.74 Å². The molecular weight excluding hydrogens is 416 g/mol. The Hall–Kier alpha value is -0.310. The lowest BCUT2D eigenvalue weighted by atomic mass is 10.1. The summed E-state index contributed by atoms with van der Waals surface area (Å²) in [5, 5.41) is 0. The van der Waals surface area contributed by atoms with E-state index in [1.54, 1.807) is 29.5 Å². The molecular formula is C10H7BrF3IO2. The van der Waals surface area contributed by atoms with Crippen molar-refractivity contribution in [2.24, 2.45) is 0 Å². The van der Waals surface area contributed by atoms with Crippen LogP contribution in [-0.4, -0.2) is 17.0 Å². The van der Waals surface area contributed by atoms with Crippen LogP contribution in [0.2, 0.25) is 0 Å². The molecule has 0 fully saturated rings. The van der Waals surface area contributed by atoms with Crippen LogP contribution in [0.3, 0.4) is 0 Å². The van der Waals surface area contributed by atoms with E-state index in [1.165, 1.54) is 12.1 Å². The molecule has 94 valence electrons. The van der Waals surface area contributed by atoms with Gasteiger partial charge in [-0.2, -0.15) is 0 Å². The number of alkyl halides is 4. The molecule has 0 spiro atoms. The molecule has 0 saturated carbocycles. The van der Waals surface area contributed by atoms with Crippen molar-refractivity contribution in [2.45, 2.75) is 18.1 Å². The van der Waals surface area contributed by atoms with E-state index >= 15 is 0 Å². The minimum Gasteiger partial charge on any atom is -0.406 e. The van der Waals surface area contributed by atoms with E-state index in [2.05, 4.69) is 20.7 Å². The molecule has 0 aliphatic carbocycles. The Kier molecular flexibility index (Phi) is 4.82. The van der Waals surface area contributed by atoms with Crippen molar-refractivity contribution in [3.63, 3.8) is 0 Å². The van der Waals surface area contributed by atoms with E-state index in [9.17, 15) is 18.0 Å². The van der Waals surface area contributed by atoms with E-state index in [4.69, 9.17) is 0 Å². The SMILES string of the molecule is CC(Br)C(=O)c1ccc(OC(F)(F)F)cc1I. The summed E-state index contributed by atoms with van der Waals surface area (Å²) in [6, 6.07) is 3.62. The van der Waals surface area contributed by atoms with Crippen molar-refractivity contribution in [1.29, 1.82) is 0 Å². The first-order chi connectivity index (χ1) is 7.70. The summed E-state index contributed by atoms with van der Waals surface area (Å²) in [6.07, 6.45) is -4.72. The Labute approximate surface area is 118 Å². The van der Waals surface area contributed by atoms with Gasteiger partial charge in [0.2, 0.25) is 0 Å². The van der Waals surface area contributed by atoms with E-state index in [0.717, 1.165) is 6.07 Å². The predicted molar refractivity (Wildman–Crippen MR) is 68.6 cm³/mol. The van der Waals surface area contributed by atoms with Gasteiger partial charge >= 0.3 is 6.36 Å². The lowest BCUT2D eigenvalue weighted by Crippen LogP contribution is -2.18. The lowest BCUT2D eigenvalue weighted by Gasteiger charge is -2.11. The van der Waals surface area contributed by atoms with Crippen LogP contribution in [0.5, 0.6) is 5.75 Å². The average molecular weight is 423 g/mol. The van der Waals surface area contributed by atoms with Crippen molar-refractivity contribution < 1.29 is 22.7 Å². The summed E-state index contributed by atoms with van der Waals surface area (Å²) in [5.41, 5.74) is 0.365. The summed E-state index contributed by atoms with van der Waals surface area (Å²) < 4.78 is 40.1. The second-order valence-corrected chi connectivity index (χ2v) is 5.71. The van der Waals surface area contributed by atoms with Gasteiger partial charge in [-0.1, -0.05) is 15.9 Å². The fraction of sp³-hybridized carbons (Fsp3) is 0.300. The Morgan fingerprint density at radius 3 is 2.47 bits per heavy atom. The van der Waals surface area contributed by atoms with Gasteiger partial charge in [0.05, 0.1) is 4.83 Å². The second kappa shape index (κ2) is 5.55. The molecule has 2 nitrogen and oxygen atoms in total. The van der Waals surface area contributed by atoms with Crippen molar-refractivity contribution in [2.75, 3.05) is 0 Å². The normalized spacial score (nSPS) is 13.3. The number of carbonyl (C=O) groups excluding carboxylic acids is 1. The zero-order chi connectivity index (χ0) is 13.2. The summed E-state index contributed by atoms with van der Waals surface area (Å²) in [4.78, 5) is 11.3. The number of carbonyl (C=O) groups is 1. The quantitative estimate of drug-likeness (QED) is 0.415. The number of hydrogen-bond acceptors (Lipinski definition) is 2. The van der Waals surface area contributed by atoms with Gasteiger partial charge in [-0.3, -0.25) is 4.79 Å². The number of ketones is 1. The first-order valence-corrected chi connectivity index (χ1v) is 6.44. The Balaban J connectivity index is 2.98. The monoisotopic (exact) mass is 422 g/mol. The topological polar surface area (TPSA) is 26.3 Å². The number of Topliss-reactive ketones (excluding diaryl/α,β-unsaturated/α-hetero) is 1. The maximum absolute atomic E-state index is 12.0. The minimum atomic E-state index is -4.72. The molecule has 0 heterocycles. The number of rotatable bonds is 3. The van der Waals surface area contributed by atoms with Crippen molar-refractivity contribution in [3.8, 4) is 5.75 Å². The number of ether oxygens (including phenoxy) is 1. The van der Waals surface area contributed by atoms with E-state index in [0.29, 0.717) is 9.13 Å². The first-order valence-electron chi connectivity index (χ1n) is 4.44. The summed E-state index contributed by atoms with van der Waals surface area (Å²) in [7, 11) is 0. The molecule has 1 aromatic carbocycles. The maximum Gasteiger partial charge on any atom is 0.573 e. The molecule has 1 unspecified atom stereocenters. The van der Waals surface area contributed by atoms with Crippen molar-refractivity contribution >= 4 is 44.3 Å². The molecule has 0 saturated heterocycles. The second-order valence-electron chi connectivity index (χ2n) is 3.17. The van der Waals surface area contributed by atoms with Crippen LogP contribution in [0.4, 0.5) is 13.2 Å². The fourth-order valence-corrected chi connectivity index (χ4v) is 2.11. The molecule has 0 radical (unpaired) electrons. The van der Waals surface area contributed by atoms with E-state index in [-0.39, 0.29) is 16.4 Å². The van der Waals surface area contributed by atoms with E-state index in [1.807, 2.05) is 0 Å². The van der Waals surface area contributed by atoms with Gasteiger partial charge in [0, 0.05) is 9.13 Å². The highest BCUT2D eigenvalue weighted by Crippen LogP contribution is 2.27. The van der Waals surface area contributed by atoms with Crippen LogP contribution in [0.15, 0.2) is 18.2 Å².